The van der Waals surface area contributed by atoms with Gasteiger partial charge in [-0.05, 0) is 19.1 Å². The molecule has 0 N–H and O–H groups in total. The Kier molecular flexibility index (Phi) is 2.32. The predicted octanol–water partition coefficient (Wildman–Crippen LogP) is 1.68. The molecule has 78 valence electrons. The van der Waals surface area contributed by atoms with Gasteiger partial charge in [0.15, 0.2) is 5.82 Å². The van der Waals surface area contributed by atoms with Crippen LogP contribution in [0.4, 0.5) is 16.2 Å². The summed E-state index contributed by atoms with van der Waals surface area (Å²) in [6, 6.07) is 3.18. The van der Waals surface area contributed by atoms with Crippen LogP contribution in [-0.4, -0.2) is 22.2 Å². The van der Waals surface area contributed by atoms with Crippen molar-refractivity contribution in [3.05, 3.63) is 30.0 Å². The molecule has 0 amide bonds. The van der Waals surface area contributed by atoms with Crippen LogP contribution in [0.2, 0.25) is 0 Å². The lowest BCUT2D eigenvalue weighted by Gasteiger charge is -2.11. The topological polar surface area (TPSA) is 55.1 Å². The van der Waals surface area contributed by atoms with Gasteiger partial charge in [-0.3, -0.25) is 4.90 Å². The maximum Gasteiger partial charge on any atom is 0.329 e. The van der Waals surface area contributed by atoms with Crippen molar-refractivity contribution >= 4 is 11.8 Å². The van der Waals surface area contributed by atoms with E-state index < -0.39 is 0 Å². The zero-order valence-corrected chi connectivity index (χ0v) is 8.31. The summed E-state index contributed by atoms with van der Waals surface area (Å²) in [4.78, 5) is 9.49. The van der Waals surface area contributed by atoms with Crippen molar-refractivity contribution < 1.29 is 8.91 Å². The lowest BCUT2D eigenvalue weighted by molar-refractivity contribution is 0.419. The second-order valence-corrected chi connectivity index (χ2v) is 3.02. The van der Waals surface area contributed by atoms with E-state index in [1.165, 1.54) is 12.1 Å². The molecule has 15 heavy (non-hydrogen) atoms. The molecule has 0 bridgehead atoms. The van der Waals surface area contributed by atoms with Crippen LogP contribution >= 0.6 is 0 Å². The first-order valence-electron chi connectivity index (χ1n) is 4.32. The van der Waals surface area contributed by atoms with E-state index in [0.717, 1.165) is 6.20 Å². The fourth-order valence-corrected chi connectivity index (χ4v) is 1.09. The van der Waals surface area contributed by atoms with Crippen LogP contribution in [0, 0.1) is 12.7 Å². The van der Waals surface area contributed by atoms with Crippen LogP contribution in [0.15, 0.2) is 22.9 Å². The van der Waals surface area contributed by atoms with Crippen molar-refractivity contribution in [3.63, 3.8) is 0 Å². The highest BCUT2D eigenvalue weighted by Gasteiger charge is 2.11. The fourth-order valence-electron chi connectivity index (χ4n) is 1.09. The SMILES string of the molecule is Cc1noc(N(C)c2ccc(F)cn2)n1. The van der Waals surface area contributed by atoms with E-state index in [-0.39, 0.29) is 5.82 Å². The molecular formula is C9H9FN4O. The van der Waals surface area contributed by atoms with Crippen LogP contribution in [0.3, 0.4) is 0 Å². The van der Waals surface area contributed by atoms with Crippen molar-refractivity contribution in [1.82, 2.24) is 15.1 Å². The standard InChI is InChI=1S/C9H9FN4O/c1-6-12-9(15-13-6)14(2)8-4-3-7(10)5-11-8/h3-5H,1-2H3. The average molecular weight is 208 g/mol. The molecule has 5 nitrogen and oxygen atoms in total. The number of aryl methyl sites for hydroxylation is 1. The first-order chi connectivity index (χ1) is 7.16. The van der Waals surface area contributed by atoms with E-state index in [2.05, 4.69) is 15.1 Å². The number of hydrogen-bond donors (Lipinski definition) is 0. The Labute approximate surface area is 85.5 Å². The van der Waals surface area contributed by atoms with Crippen molar-refractivity contribution in [3.8, 4) is 0 Å². The number of pyridine rings is 1. The van der Waals surface area contributed by atoms with Crippen molar-refractivity contribution in [1.29, 1.82) is 0 Å². The summed E-state index contributed by atoms with van der Waals surface area (Å²) in [5.74, 6) is 0.702. The minimum absolute atomic E-state index is 0.326. The molecule has 0 spiro atoms. The molecule has 0 atom stereocenters. The molecule has 0 aliphatic heterocycles. The van der Waals surface area contributed by atoms with Gasteiger partial charge in [-0.15, -0.1) is 0 Å². The van der Waals surface area contributed by atoms with E-state index in [9.17, 15) is 4.39 Å². The summed E-state index contributed by atoms with van der Waals surface area (Å²) in [6.07, 6.45) is 1.13. The Morgan fingerprint density at radius 3 is 2.73 bits per heavy atom. The van der Waals surface area contributed by atoms with Gasteiger partial charge in [-0.1, -0.05) is 5.16 Å². The van der Waals surface area contributed by atoms with Crippen molar-refractivity contribution in [2.24, 2.45) is 0 Å². The van der Waals surface area contributed by atoms with Crippen LogP contribution in [0.5, 0.6) is 0 Å². The summed E-state index contributed by atoms with van der Waals surface area (Å²) >= 11 is 0. The molecule has 2 aromatic rings. The van der Waals surface area contributed by atoms with Crippen LogP contribution in [0.1, 0.15) is 5.82 Å². The summed E-state index contributed by atoms with van der Waals surface area (Å²) in [6.45, 7) is 1.72. The molecular weight excluding hydrogens is 199 g/mol. The monoisotopic (exact) mass is 208 g/mol. The molecule has 0 aliphatic rings. The molecule has 6 heteroatoms. The number of nitrogens with zero attached hydrogens (tertiary/aromatic N) is 4. The molecule has 0 saturated heterocycles. The van der Waals surface area contributed by atoms with Gasteiger partial charge in [0.1, 0.15) is 11.6 Å². The van der Waals surface area contributed by atoms with Gasteiger partial charge in [-0.25, -0.2) is 9.37 Å². The van der Waals surface area contributed by atoms with E-state index in [0.29, 0.717) is 17.7 Å². The molecule has 2 heterocycles. The highest BCUT2D eigenvalue weighted by molar-refractivity contribution is 5.48. The molecule has 2 rings (SSSR count). The third kappa shape index (κ3) is 1.93. The highest BCUT2D eigenvalue weighted by Crippen LogP contribution is 2.18. The van der Waals surface area contributed by atoms with Gasteiger partial charge >= 0.3 is 6.01 Å². The van der Waals surface area contributed by atoms with Crippen molar-refractivity contribution in [2.75, 3.05) is 11.9 Å². The normalized spacial score (nSPS) is 10.3. The molecule has 0 radical (unpaired) electrons. The summed E-state index contributed by atoms with van der Waals surface area (Å²) in [5, 5.41) is 3.65. The first-order valence-corrected chi connectivity index (χ1v) is 4.32. The van der Waals surface area contributed by atoms with Gasteiger partial charge in [0.05, 0.1) is 6.20 Å². The minimum atomic E-state index is -0.381. The zero-order valence-electron chi connectivity index (χ0n) is 8.31. The predicted molar refractivity (Wildman–Crippen MR) is 51.3 cm³/mol. The van der Waals surface area contributed by atoms with Gasteiger partial charge in [0, 0.05) is 7.05 Å². The number of hydrogen-bond acceptors (Lipinski definition) is 5. The Balaban J connectivity index is 2.28. The molecule has 0 aliphatic carbocycles. The van der Waals surface area contributed by atoms with E-state index in [1.54, 1.807) is 18.9 Å². The Morgan fingerprint density at radius 1 is 1.40 bits per heavy atom. The molecule has 0 unspecified atom stereocenters. The third-order valence-electron chi connectivity index (χ3n) is 1.86. The maximum atomic E-state index is 12.6. The number of aromatic nitrogens is 3. The Hall–Kier alpha value is -1.98. The maximum absolute atomic E-state index is 12.6. The van der Waals surface area contributed by atoms with Gasteiger partial charge in [-0.2, -0.15) is 4.98 Å². The van der Waals surface area contributed by atoms with E-state index in [1.807, 2.05) is 0 Å². The molecule has 0 aromatic carbocycles. The second-order valence-electron chi connectivity index (χ2n) is 3.02. The highest BCUT2D eigenvalue weighted by atomic mass is 19.1. The number of anilines is 2. The fraction of sp³-hybridized carbons (Fsp3) is 0.222. The van der Waals surface area contributed by atoms with Gasteiger partial charge in [0.25, 0.3) is 0 Å². The lowest BCUT2D eigenvalue weighted by atomic mass is 10.4. The van der Waals surface area contributed by atoms with Gasteiger partial charge in [0.2, 0.25) is 0 Å². The third-order valence-corrected chi connectivity index (χ3v) is 1.86. The van der Waals surface area contributed by atoms with Crippen LogP contribution in [0.25, 0.3) is 0 Å². The van der Waals surface area contributed by atoms with E-state index >= 15 is 0 Å². The summed E-state index contributed by atoms with van der Waals surface area (Å²) < 4.78 is 17.6. The molecule has 0 saturated carbocycles. The number of rotatable bonds is 2. The summed E-state index contributed by atoms with van der Waals surface area (Å²) in [7, 11) is 1.72. The Morgan fingerprint density at radius 2 is 2.20 bits per heavy atom. The number of halogens is 1. The lowest BCUT2D eigenvalue weighted by Crippen LogP contribution is -2.11. The van der Waals surface area contributed by atoms with Gasteiger partial charge < -0.3 is 4.52 Å². The molecule has 0 fully saturated rings. The average Bonchev–Trinajstić information content (AvgIpc) is 2.65. The smallest absolute Gasteiger partial charge is 0.315 e. The second kappa shape index (κ2) is 3.64. The van der Waals surface area contributed by atoms with Crippen LogP contribution in [-0.2, 0) is 0 Å². The zero-order chi connectivity index (χ0) is 10.8. The molecule has 2 aromatic heterocycles. The van der Waals surface area contributed by atoms with E-state index in [4.69, 9.17) is 4.52 Å². The Bertz CT molecular complexity index is 453. The largest absolute Gasteiger partial charge is 0.329 e. The van der Waals surface area contributed by atoms with Crippen LogP contribution < -0.4 is 4.90 Å². The van der Waals surface area contributed by atoms with Crippen molar-refractivity contribution in [2.45, 2.75) is 6.92 Å². The first kappa shape index (κ1) is 9.57. The quantitative estimate of drug-likeness (QED) is 0.751. The summed E-state index contributed by atoms with van der Waals surface area (Å²) in [5.41, 5.74) is 0. The minimum Gasteiger partial charge on any atom is -0.315 e.